The summed E-state index contributed by atoms with van der Waals surface area (Å²) in [4.78, 5) is 38.1. The fraction of sp³-hybridized carbons (Fsp3) is 0.432. The Morgan fingerprint density at radius 1 is 0.698 bits per heavy atom. The summed E-state index contributed by atoms with van der Waals surface area (Å²) in [6.45, 7) is 8.16. The van der Waals surface area contributed by atoms with E-state index in [1.54, 1.807) is 24.3 Å². The first-order valence-corrected chi connectivity index (χ1v) is 15.7. The van der Waals surface area contributed by atoms with Crippen molar-refractivity contribution in [2.24, 2.45) is 17.8 Å². The molecule has 0 heterocycles. The van der Waals surface area contributed by atoms with Gasteiger partial charge in [0.05, 0.1) is 23.5 Å². The van der Waals surface area contributed by atoms with Gasteiger partial charge in [-0.05, 0) is 92.8 Å². The lowest BCUT2D eigenvalue weighted by Crippen LogP contribution is -2.29. The summed E-state index contributed by atoms with van der Waals surface area (Å²) in [7, 11) is 0. The second-order valence-corrected chi connectivity index (χ2v) is 11.7. The average molecular weight is 585 g/mol. The predicted octanol–water partition coefficient (Wildman–Crippen LogP) is 8.74. The Morgan fingerprint density at radius 2 is 1.23 bits per heavy atom. The van der Waals surface area contributed by atoms with Gasteiger partial charge in [0.15, 0.2) is 0 Å². The van der Waals surface area contributed by atoms with Gasteiger partial charge in [0, 0.05) is 0 Å². The number of ether oxygens (including phenoxy) is 3. The molecule has 6 heteroatoms. The summed E-state index contributed by atoms with van der Waals surface area (Å²) in [5.41, 5.74) is 3.39. The molecule has 3 aromatic rings. The maximum atomic E-state index is 12.9. The van der Waals surface area contributed by atoms with E-state index in [0.29, 0.717) is 42.9 Å². The SMILES string of the molecule is CCC(CC)C[C@@H](C)OC(=O)c1ccc(-c2ccc(OC(=O)C3CCC(C(=O)O[C@H](C)c4ccccc4)CC3)cc2)cc1. The number of carbonyl (C=O) groups excluding carboxylic acids is 3. The monoisotopic (exact) mass is 584 g/mol. The number of esters is 3. The van der Waals surface area contributed by atoms with Crippen molar-refractivity contribution >= 4 is 17.9 Å². The molecule has 0 unspecified atom stereocenters. The lowest BCUT2D eigenvalue weighted by molar-refractivity contribution is -0.156. The Kier molecular flexibility index (Phi) is 11.5. The molecular formula is C37H44O6. The van der Waals surface area contributed by atoms with Crippen LogP contribution in [0, 0.1) is 17.8 Å². The molecule has 0 aromatic heterocycles. The minimum absolute atomic E-state index is 0.118. The third-order valence-electron chi connectivity index (χ3n) is 8.61. The van der Waals surface area contributed by atoms with Crippen LogP contribution in [-0.4, -0.2) is 24.0 Å². The van der Waals surface area contributed by atoms with E-state index < -0.39 is 0 Å². The molecular weight excluding hydrogens is 540 g/mol. The molecule has 228 valence electrons. The van der Waals surface area contributed by atoms with E-state index in [4.69, 9.17) is 14.2 Å². The first kappa shape index (κ1) is 32.0. The number of benzene rings is 3. The number of carbonyl (C=O) groups is 3. The highest BCUT2D eigenvalue weighted by atomic mass is 16.5. The van der Waals surface area contributed by atoms with Crippen LogP contribution in [0.1, 0.15) is 94.7 Å². The van der Waals surface area contributed by atoms with Crippen molar-refractivity contribution in [3.63, 3.8) is 0 Å². The lowest BCUT2D eigenvalue weighted by atomic mass is 9.82. The van der Waals surface area contributed by atoms with Gasteiger partial charge in [-0.3, -0.25) is 9.59 Å². The molecule has 1 aliphatic carbocycles. The van der Waals surface area contributed by atoms with Crippen molar-refractivity contribution in [2.75, 3.05) is 0 Å². The second-order valence-electron chi connectivity index (χ2n) is 11.7. The third-order valence-corrected chi connectivity index (χ3v) is 8.61. The molecule has 0 bridgehead atoms. The molecule has 0 aliphatic heterocycles. The zero-order valence-corrected chi connectivity index (χ0v) is 25.8. The van der Waals surface area contributed by atoms with E-state index in [1.807, 2.05) is 68.4 Å². The minimum atomic E-state index is -0.306. The Hall–Kier alpha value is -3.93. The van der Waals surface area contributed by atoms with Gasteiger partial charge in [0.1, 0.15) is 11.9 Å². The molecule has 1 aliphatic rings. The standard InChI is InChI=1S/C37H44O6/c1-5-27(6-2)24-25(3)41-35(38)31-14-12-29(13-15-31)30-20-22-34(23-21-30)43-37(40)33-18-16-32(17-19-33)36(39)42-26(4)28-10-8-7-9-11-28/h7-15,20-23,25-27,32-33H,5-6,16-19,24H2,1-4H3/t25-,26-,32?,33?/m1/s1. The summed E-state index contributed by atoms with van der Waals surface area (Å²) in [5, 5.41) is 0. The van der Waals surface area contributed by atoms with Crippen LogP contribution in [0.25, 0.3) is 11.1 Å². The number of rotatable bonds is 12. The van der Waals surface area contributed by atoms with E-state index in [1.165, 1.54) is 0 Å². The Balaban J connectivity index is 1.23. The van der Waals surface area contributed by atoms with Crippen LogP contribution < -0.4 is 4.74 Å². The number of hydrogen-bond acceptors (Lipinski definition) is 6. The van der Waals surface area contributed by atoms with Crippen LogP contribution in [0.2, 0.25) is 0 Å². The largest absolute Gasteiger partial charge is 0.459 e. The molecule has 1 saturated carbocycles. The van der Waals surface area contributed by atoms with Crippen molar-refractivity contribution in [1.82, 2.24) is 0 Å². The van der Waals surface area contributed by atoms with E-state index in [9.17, 15) is 14.4 Å². The van der Waals surface area contributed by atoms with Crippen molar-refractivity contribution in [1.29, 1.82) is 0 Å². The summed E-state index contributed by atoms with van der Waals surface area (Å²) in [6, 6.07) is 24.4. The molecule has 0 saturated heterocycles. The first-order valence-electron chi connectivity index (χ1n) is 15.7. The zero-order valence-electron chi connectivity index (χ0n) is 25.8. The zero-order chi connectivity index (χ0) is 30.8. The third kappa shape index (κ3) is 9.03. The topological polar surface area (TPSA) is 78.9 Å². The van der Waals surface area contributed by atoms with E-state index in [0.717, 1.165) is 36.0 Å². The fourth-order valence-electron chi connectivity index (χ4n) is 5.73. The van der Waals surface area contributed by atoms with E-state index in [-0.39, 0.29) is 42.0 Å². The predicted molar refractivity (Wildman–Crippen MR) is 167 cm³/mol. The molecule has 2 atom stereocenters. The van der Waals surface area contributed by atoms with Crippen molar-refractivity contribution in [3.05, 3.63) is 90.0 Å². The van der Waals surface area contributed by atoms with Crippen LogP contribution in [0.15, 0.2) is 78.9 Å². The first-order chi connectivity index (χ1) is 20.8. The lowest BCUT2D eigenvalue weighted by Gasteiger charge is -2.27. The van der Waals surface area contributed by atoms with Gasteiger partial charge < -0.3 is 14.2 Å². The highest BCUT2D eigenvalue weighted by Gasteiger charge is 2.32. The number of hydrogen-bond donors (Lipinski definition) is 0. The summed E-state index contributed by atoms with van der Waals surface area (Å²) in [6.07, 6.45) is 5.04. The van der Waals surface area contributed by atoms with Crippen LogP contribution in [0.4, 0.5) is 0 Å². The minimum Gasteiger partial charge on any atom is -0.459 e. The van der Waals surface area contributed by atoms with E-state index in [2.05, 4.69) is 13.8 Å². The van der Waals surface area contributed by atoms with Crippen LogP contribution in [-0.2, 0) is 19.1 Å². The van der Waals surface area contributed by atoms with Crippen molar-refractivity contribution in [3.8, 4) is 16.9 Å². The fourth-order valence-corrected chi connectivity index (χ4v) is 5.73. The van der Waals surface area contributed by atoms with Crippen LogP contribution in [0.5, 0.6) is 5.75 Å². The van der Waals surface area contributed by atoms with Gasteiger partial charge in [-0.15, -0.1) is 0 Å². The van der Waals surface area contributed by atoms with E-state index >= 15 is 0 Å². The van der Waals surface area contributed by atoms with Crippen LogP contribution in [0.3, 0.4) is 0 Å². The summed E-state index contributed by atoms with van der Waals surface area (Å²) < 4.78 is 17.0. The van der Waals surface area contributed by atoms with Crippen LogP contribution >= 0.6 is 0 Å². The molecule has 4 rings (SSSR count). The second kappa shape index (κ2) is 15.5. The molecule has 0 amide bonds. The molecule has 3 aromatic carbocycles. The molecule has 1 fully saturated rings. The highest BCUT2D eigenvalue weighted by Crippen LogP contribution is 2.33. The highest BCUT2D eigenvalue weighted by molar-refractivity contribution is 5.90. The summed E-state index contributed by atoms with van der Waals surface area (Å²) in [5.74, 6) is -0.152. The van der Waals surface area contributed by atoms with Gasteiger partial charge in [-0.2, -0.15) is 0 Å². The molecule has 6 nitrogen and oxygen atoms in total. The smallest absolute Gasteiger partial charge is 0.338 e. The average Bonchev–Trinajstić information content (AvgIpc) is 3.04. The maximum absolute atomic E-state index is 12.9. The quantitative estimate of drug-likeness (QED) is 0.156. The van der Waals surface area contributed by atoms with Gasteiger partial charge in [0.25, 0.3) is 0 Å². The van der Waals surface area contributed by atoms with Gasteiger partial charge >= 0.3 is 17.9 Å². The molecule has 0 spiro atoms. The normalized spacial score (nSPS) is 18.0. The van der Waals surface area contributed by atoms with Crippen molar-refractivity contribution in [2.45, 2.75) is 84.8 Å². The van der Waals surface area contributed by atoms with Gasteiger partial charge in [0.2, 0.25) is 0 Å². The van der Waals surface area contributed by atoms with Gasteiger partial charge in [-0.1, -0.05) is 81.3 Å². The summed E-state index contributed by atoms with van der Waals surface area (Å²) >= 11 is 0. The van der Waals surface area contributed by atoms with Crippen molar-refractivity contribution < 1.29 is 28.6 Å². The Labute approximate surface area is 255 Å². The molecule has 0 N–H and O–H groups in total. The Morgan fingerprint density at radius 3 is 1.79 bits per heavy atom. The van der Waals surface area contributed by atoms with Gasteiger partial charge in [-0.25, -0.2) is 4.79 Å². The Bertz CT molecular complexity index is 1320. The maximum Gasteiger partial charge on any atom is 0.338 e. The molecule has 43 heavy (non-hydrogen) atoms. The molecule has 0 radical (unpaired) electrons.